The highest BCUT2D eigenvalue weighted by Crippen LogP contribution is 2.28. The first-order valence-electron chi connectivity index (χ1n) is 11.8. The van der Waals surface area contributed by atoms with Crippen molar-refractivity contribution in [2.24, 2.45) is 0 Å². The van der Waals surface area contributed by atoms with Crippen molar-refractivity contribution in [2.75, 3.05) is 17.1 Å². The summed E-state index contributed by atoms with van der Waals surface area (Å²) in [4.78, 5) is 27.9. The van der Waals surface area contributed by atoms with Crippen LogP contribution in [-0.4, -0.2) is 50.0 Å². The third-order valence-corrected chi connectivity index (χ3v) is 8.23. The van der Waals surface area contributed by atoms with Crippen molar-refractivity contribution in [3.8, 4) is 0 Å². The number of carbonyl (C=O) groups excluding carboxylic acids is 2. The summed E-state index contributed by atoms with van der Waals surface area (Å²) in [7, 11) is -4.09. The zero-order chi connectivity index (χ0) is 27.3. The molecule has 1 aliphatic rings. The first-order chi connectivity index (χ1) is 17.4. The van der Waals surface area contributed by atoms with Gasteiger partial charge < -0.3 is 10.2 Å². The number of rotatable bonds is 9. The van der Waals surface area contributed by atoms with Crippen LogP contribution in [-0.2, 0) is 26.2 Å². The largest absolute Gasteiger partial charge is 0.352 e. The maximum Gasteiger partial charge on any atom is 0.244 e. The third-order valence-electron chi connectivity index (χ3n) is 6.38. The van der Waals surface area contributed by atoms with Crippen molar-refractivity contribution < 1.29 is 26.8 Å². The van der Waals surface area contributed by atoms with Gasteiger partial charge in [0.05, 0.1) is 11.9 Å². The molecular weight excluding hydrogens is 547 g/mol. The van der Waals surface area contributed by atoms with Gasteiger partial charge in [0.15, 0.2) is 11.6 Å². The fourth-order valence-corrected chi connectivity index (χ4v) is 5.62. The van der Waals surface area contributed by atoms with Gasteiger partial charge in [-0.15, -0.1) is 0 Å². The summed E-state index contributed by atoms with van der Waals surface area (Å²) in [6.45, 7) is 0.599. The topological polar surface area (TPSA) is 86.8 Å². The molecule has 3 rings (SSSR count). The molecule has 0 unspecified atom stereocenters. The second kappa shape index (κ2) is 12.4. The van der Waals surface area contributed by atoms with Gasteiger partial charge in [0.1, 0.15) is 12.6 Å². The quantitative estimate of drug-likeness (QED) is 0.460. The first kappa shape index (κ1) is 29.1. The van der Waals surface area contributed by atoms with Gasteiger partial charge in [-0.2, -0.15) is 0 Å². The molecule has 2 aromatic carbocycles. The molecule has 2 amide bonds. The fourth-order valence-electron chi connectivity index (χ4n) is 4.26. The molecule has 0 aliphatic heterocycles. The highest BCUT2D eigenvalue weighted by molar-refractivity contribution is 7.92. The summed E-state index contributed by atoms with van der Waals surface area (Å²) in [6.07, 6.45) is 5.60. The Morgan fingerprint density at radius 3 is 2.24 bits per heavy atom. The summed E-state index contributed by atoms with van der Waals surface area (Å²) >= 11 is 12.6. The van der Waals surface area contributed by atoms with Gasteiger partial charge in [0.25, 0.3) is 0 Å². The number of nitrogens with zero attached hydrogens (tertiary/aromatic N) is 2. The highest BCUT2D eigenvalue weighted by Gasteiger charge is 2.32. The van der Waals surface area contributed by atoms with E-state index in [0.29, 0.717) is 15.9 Å². The Hall–Kier alpha value is -2.43. The predicted octanol–water partition coefficient (Wildman–Crippen LogP) is 4.90. The molecule has 1 saturated carbocycles. The number of anilines is 1. The van der Waals surface area contributed by atoms with Crippen LogP contribution in [0, 0.1) is 11.6 Å². The van der Waals surface area contributed by atoms with Crippen LogP contribution < -0.4 is 9.62 Å². The molecule has 1 aliphatic carbocycles. The summed E-state index contributed by atoms with van der Waals surface area (Å²) in [5.74, 6) is -3.58. The zero-order valence-corrected chi connectivity index (χ0v) is 22.8. The van der Waals surface area contributed by atoms with E-state index in [4.69, 9.17) is 23.2 Å². The van der Waals surface area contributed by atoms with E-state index in [-0.39, 0.29) is 28.3 Å². The van der Waals surface area contributed by atoms with E-state index in [1.54, 1.807) is 18.2 Å². The van der Waals surface area contributed by atoms with Crippen LogP contribution in [0.5, 0.6) is 0 Å². The molecule has 0 bridgehead atoms. The molecule has 37 heavy (non-hydrogen) atoms. The Morgan fingerprint density at radius 2 is 1.68 bits per heavy atom. The molecule has 7 nitrogen and oxygen atoms in total. The lowest BCUT2D eigenvalue weighted by Gasteiger charge is -2.33. The van der Waals surface area contributed by atoms with E-state index in [9.17, 15) is 26.8 Å². The molecule has 0 aromatic heterocycles. The van der Waals surface area contributed by atoms with Gasteiger partial charge >= 0.3 is 0 Å². The molecule has 202 valence electrons. The minimum atomic E-state index is -4.09. The minimum Gasteiger partial charge on any atom is -0.352 e. The Balaban J connectivity index is 1.93. The van der Waals surface area contributed by atoms with Crippen LogP contribution >= 0.6 is 23.2 Å². The number of amides is 2. The van der Waals surface area contributed by atoms with Gasteiger partial charge in [-0.25, -0.2) is 17.2 Å². The van der Waals surface area contributed by atoms with Crippen molar-refractivity contribution in [1.82, 2.24) is 10.2 Å². The lowest BCUT2D eigenvalue weighted by Crippen LogP contribution is -2.53. The first-order valence-corrected chi connectivity index (χ1v) is 14.4. The molecule has 12 heteroatoms. The monoisotopic (exact) mass is 575 g/mol. The number of sulfonamides is 1. The van der Waals surface area contributed by atoms with Gasteiger partial charge in [0.2, 0.25) is 21.8 Å². The molecule has 0 saturated heterocycles. The van der Waals surface area contributed by atoms with E-state index in [1.165, 1.54) is 11.8 Å². The lowest BCUT2D eigenvalue weighted by atomic mass is 9.95. The van der Waals surface area contributed by atoms with E-state index in [2.05, 4.69) is 5.32 Å². The second-order valence-electron chi connectivity index (χ2n) is 9.11. The smallest absolute Gasteiger partial charge is 0.244 e. The number of halogens is 4. The van der Waals surface area contributed by atoms with Crippen molar-refractivity contribution in [3.63, 3.8) is 0 Å². The maximum atomic E-state index is 13.9. The van der Waals surface area contributed by atoms with Crippen LogP contribution in [0.1, 0.15) is 44.6 Å². The van der Waals surface area contributed by atoms with E-state index in [0.717, 1.165) is 50.5 Å². The van der Waals surface area contributed by atoms with Crippen LogP contribution in [0.4, 0.5) is 14.5 Å². The Labute approximate surface area is 225 Å². The molecule has 1 fully saturated rings. The van der Waals surface area contributed by atoms with Crippen LogP contribution in [0.3, 0.4) is 0 Å². The average molecular weight is 576 g/mol. The summed E-state index contributed by atoms with van der Waals surface area (Å²) in [5.41, 5.74) is 0.153. The van der Waals surface area contributed by atoms with Gasteiger partial charge in [-0.3, -0.25) is 13.9 Å². The van der Waals surface area contributed by atoms with E-state index >= 15 is 0 Å². The van der Waals surface area contributed by atoms with E-state index < -0.39 is 46.1 Å². The lowest BCUT2D eigenvalue weighted by molar-refractivity contribution is -0.139. The zero-order valence-electron chi connectivity index (χ0n) is 20.5. The molecule has 1 N–H and O–H groups in total. The Bertz CT molecular complexity index is 1240. The van der Waals surface area contributed by atoms with Gasteiger partial charge in [-0.1, -0.05) is 48.5 Å². The van der Waals surface area contributed by atoms with Crippen molar-refractivity contribution in [2.45, 2.75) is 57.7 Å². The molecule has 1 atom stereocenters. The Morgan fingerprint density at radius 1 is 1.05 bits per heavy atom. The third kappa shape index (κ3) is 7.55. The summed E-state index contributed by atoms with van der Waals surface area (Å²) in [6, 6.07) is 6.31. The minimum absolute atomic E-state index is 0.0146. The van der Waals surface area contributed by atoms with Crippen LogP contribution in [0.25, 0.3) is 0 Å². The normalized spacial score (nSPS) is 15.2. The number of carbonyl (C=O) groups is 2. The van der Waals surface area contributed by atoms with Crippen LogP contribution in [0.15, 0.2) is 36.4 Å². The van der Waals surface area contributed by atoms with Crippen LogP contribution in [0.2, 0.25) is 10.0 Å². The van der Waals surface area contributed by atoms with Crippen molar-refractivity contribution in [3.05, 3.63) is 63.6 Å². The standard InChI is InChI=1S/C25H29Cl2F2N3O4S/c1-16(25(34)30-17-7-4-3-5-8-17)31(14-19-20(26)9-6-10-21(19)27)24(33)15-32(37(2,35)36)18-11-12-22(28)23(29)13-18/h6,9-13,16-17H,3-5,7-8,14-15H2,1-2H3,(H,30,34)/t16-/m0/s1. The second-order valence-corrected chi connectivity index (χ2v) is 11.8. The predicted molar refractivity (Wildman–Crippen MR) is 140 cm³/mol. The molecule has 0 spiro atoms. The molecule has 0 heterocycles. The Kier molecular flexibility index (Phi) is 9.77. The molecule has 2 aromatic rings. The van der Waals surface area contributed by atoms with Crippen molar-refractivity contribution in [1.29, 1.82) is 0 Å². The van der Waals surface area contributed by atoms with Crippen molar-refractivity contribution >= 4 is 50.7 Å². The number of hydrogen-bond acceptors (Lipinski definition) is 4. The molecule has 0 radical (unpaired) electrons. The number of benzene rings is 2. The number of hydrogen-bond donors (Lipinski definition) is 1. The van der Waals surface area contributed by atoms with Gasteiger partial charge in [-0.05, 0) is 44.0 Å². The van der Waals surface area contributed by atoms with E-state index in [1.807, 2.05) is 0 Å². The maximum absolute atomic E-state index is 13.9. The molecular formula is C25H29Cl2F2N3O4S. The summed E-state index contributed by atoms with van der Waals surface area (Å²) < 4.78 is 53.1. The summed E-state index contributed by atoms with van der Waals surface area (Å²) in [5, 5.41) is 3.51. The fraction of sp³-hybridized carbons (Fsp3) is 0.440. The average Bonchev–Trinajstić information content (AvgIpc) is 2.83. The highest BCUT2D eigenvalue weighted by atomic mass is 35.5. The van der Waals surface area contributed by atoms with Gasteiger partial charge in [0, 0.05) is 34.3 Å². The number of nitrogens with one attached hydrogen (secondary N) is 1. The SMILES string of the molecule is C[C@@H](C(=O)NC1CCCCC1)N(Cc1c(Cl)cccc1Cl)C(=O)CN(c1ccc(F)c(F)c1)S(C)(=O)=O.